The van der Waals surface area contributed by atoms with Gasteiger partial charge in [0, 0.05) is 5.02 Å². The molecule has 0 saturated heterocycles. The molecule has 0 aliphatic rings. The lowest BCUT2D eigenvalue weighted by Gasteiger charge is -2.07. The average Bonchev–Trinajstić information content (AvgIpc) is 2.01. The average molecular weight is 189 g/mol. The van der Waals surface area contributed by atoms with Gasteiger partial charge in [0.25, 0.3) is 0 Å². The normalized spacial score (nSPS) is 13.0. The van der Waals surface area contributed by atoms with Crippen LogP contribution >= 0.6 is 11.6 Å². The van der Waals surface area contributed by atoms with E-state index in [2.05, 4.69) is 0 Å². The third kappa shape index (κ3) is 2.19. The molecule has 0 aromatic heterocycles. The molecule has 0 amide bonds. The second kappa shape index (κ2) is 3.87. The highest BCUT2D eigenvalue weighted by molar-refractivity contribution is 6.30. The van der Waals surface area contributed by atoms with Crippen molar-refractivity contribution < 1.29 is 9.50 Å². The molecule has 1 rings (SSSR count). The largest absolute Gasteiger partial charge is 0.388 e. The Kier molecular flexibility index (Phi) is 3.06. The minimum Gasteiger partial charge on any atom is -0.388 e. The van der Waals surface area contributed by atoms with Crippen LogP contribution in [0, 0.1) is 5.82 Å². The van der Waals surface area contributed by atoms with Crippen molar-refractivity contribution in [3.8, 4) is 0 Å². The van der Waals surface area contributed by atoms with Crippen molar-refractivity contribution in [1.29, 1.82) is 0 Å². The molecule has 1 N–H and O–H groups in total. The molecular formula is C9H10ClFO. The molecule has 0 heterocycles. The first-order valence-corrected chi connectivity index (χ1v) is 4.15. The fraction of sp³-hybridized carbons (Fsp3) is 0.333. The number of hydrogen-bond acceptors (Lipinski definition) is 1. The van der Waals surface area contributed by atoms with Crippen LogP contribution in [0.5, 0.6) is 0 Å². The van der Waals surface area contributed by atoms with Gasteiger partial charge in [-0.25, -0.2) is 4.39 Å². The molecule has 12 heavy (non-hydrogen) atoms. The van der Waals surface area contributed by atoms with Gasteiger partial charge in [-0.2, -0.15) is 0 Å². The van der Waals surface area contributed by atoms with Crippen molar-refractivity contribution in [2.75, 3.05) is 0 Å². The molecule has 3 heteroatoms. The lowest BCUT2D eigenvalue weighted by molar-refractivity contribution is 0.173. The number of aliphatic hydroxyl groups is 1. The zero-order chi connectivity index (χ0) is 9.14. The lowest BCUT2D eigenvalue weighted by Crippen LogP contribution is -1.95. The minimum atomic E-state index is -0.627. The van der Waals surface area contributed by atoms with Gasteiger partial charge in [0.05, 0.1) is 6.10 Å². The van der Waals surface area contributed by atoms with Gasteiger partial charge < -0.3 is 5.11 Å². The van der Waals surface area contributed by atoms with Crippen LogP contribution in [0.25, 0.3) is 0 Å². The second-order valence-electron chi connectivity index (χ2n) is 2.63. The van der Waals surface area contributed by atoms with E-state index in [0.29, 0.717) is 17.0 Å². The van der Waals surface area contributed by atoms with E-state index in [1.165, 1.54) is 12.1 Å². The van der Waals surface area contributed by atoms with Crippen LogP contribution in [0.4, 0.5) is 4.39 Å². The van der Waals surface area contributed by atoms with Crippen molar-refractivity contribution in [1.82, 2.24) is 0 Å². The van der Waals surface area contributed by atoms with E-state index in [1.807, 2.05) is 6.92 Å². The first kappa shape index (κ1) is 9.49. The Balaban J connectivity index is 3.00. The number of aliphatic hydroxyl groups excluding tert-OH is 1. The fourth-order valence-corrected chi connectivity index (χ4v) is 1.23. The fourth-order valence-electron chi connectivity index (χ4n) is 1.00. The van der Waals surface area contributed by atoms with E-state index in [4.69, 9.17) is 11.6 Å². The van der Waals surface area contributed by atoms with Gasteiger partial charge in [0.15, 0.2) is 0 Å². The first-order valence-electron chi connectivity index (χ1n) is 3.77. The summed E-state index contributed by atoms with van der Waals surface area (Å²) in [6.07, 6.45) is -0.0713. The lowest BCUT2D eigenvalue weighted by atomic mass is 10.1. The van der Waals surface area contributed by atoms with Crippen molar-refractivity contribution in [3.05, 3.63) is 34.6 Å². The highest BCUT2D eigenvalue weighted by Crippen LogP contribution is 2.21. The Morgan fingerprint density at radius 1 is 1.50 bits per heavy atom. The molecule has 0 unspecified atom stereocenters. The predicted octanol–water partition coefficient (Wildman–Crippen LogP) is 2.92. The summed E-state index contributed by atoms with van der Waals surface area (Å²) in [5, 5.41) is 9.67. The zero-order valence-electron chi connectivity index (χ0n) is 6.72. The highest BCUT2D eigenvalue weighted by atomic mass is 35.5. The van der Waals surface area contributed by atoms with E-state index < -0.39 is 11.9 Å². The van der Waals surface area contributed by atoms with E-state index in [9.17, 15) is 9.50 Å². The highest BCUT2D eigenvalue weighted by Gasteiger charge is 2.06. The maximum atomic E-state index is 12.7. The van der Waals surface area contributed by atoms with Crippen molar-refractivity contribution in [3.63, 3.8) is 0 Å². The van der Waals surface area contributed by atoms with Crippen molar-refractivity contribution >= 4 is 11.6 Å². The third-order valence-electron chi connectivity index (χ3n) is 1.66. The summed E-state index contributed by atoms with van der Waals surface area (Å²) < 4.78 is 12.7. The van der Waals surface area contributed by atoms with Crippen LogP contribution in [0.2, 0.25) is 5.02 Å². The number of halogens is 2. The first-order chi connectivity index (χ1) is 5.63. The molecule has 1 aromatic rings. The molecule has 0 bridgehead atoms. The monoisotopic (exact) mass is 188 g/mol. The predicted molar refractivity (Wildman–Crippen MR) is 46.7 cm³/mol. The summed E-state index contributed by atoms with van der Waals surface area (Å²) in [5.74, 6) is -0.412. The summed E-state index contributed by atoms with van der Waals surface area (Å²) >= 11 is 5.60. The molecule has 0 spiro atoms. The van der Waals surface area contributed by atoms with E-state index >= 15 is 0 Å². The van der Waals surface area contributed by atoms with E-state index in [-0.39, 0.29) is 0 Å². The molecule has 0 saturated carbocycles. The quantitative estimate of drug-likeness (QED) is 0.757. The van der Waals surface area contributed by atoms with Crippen LogP contribution in [-0.2, 0) is 0 Å². The molecule has 1 aromatic carbocycles. The van der Waals surface area contributed by atoms with Crippen LogP contribution < -0.4 is 0 Å². The SMILES string of the molecule is CC[C@@H](O)c1cc(F)cc(Cl)c1. The molecule has 1 atom stereocenters. The Morgan fingerprint density at radius 3 is 2.67 bits per heavy atom. The van der Waals surface area contributed by atoms with Gasteiger partial charge in [0.1, 0.15) is 5.82 Å². The van der Waals surface area contributed by atoms with Gasteiger partial charge in [-0.3, -0.25) is 0 Å². The summed E-state index contributed by atoms with van der Waals surface area (Å²) in [6, 6.07) is 4.08. The molecule has 0 aliphatic heterocycles. The van der Waals surface area contributed by atoms with Crippen molar-refractivity contribution in [2.45, 2.75) is 19.4 Å². The van der Waals surface area contributed by atoms with Gasteiger partial charge in [0.2, 0.25) is 0 Å². The maximum absolute atomic E-state index is 12.7. The minimum absolute atomic E-state index is 0.317. The summed E-state index contributed by atoms with van der Waals surface area (Å²) in [5.41, 5.74) is 0.530. The summed E-state index contributed by atoms with van der Waals surface area (Å²) in [4.78, 5) is 0. The molecule has 0 radical (unpaired) electrons. The van der Waals surface area contributed by atoms with E-state index in [0.717, 1.165) is 0 Å². The van der Waals surface area contributed by atoms with Gasteiger partial charge >= 0.3 is 0 Å². The smallest absolute Gasteiger partial charge is 0.125 e. The number of rotatable bonds is 2. The Bertz CT molecular complexity index is 255. The number of hydrogen-bond donors (Lipinski definition) is 1. The van der Waals surface area contributed by atoms with Crippen molar-refractivity contribution in [2.24, 2.45) is 0 Å². The Labute approximate surface area is 75.8 Å². The second-order valence-corrected chi connectivity index (χ2v) is 3.06. The van der Waals surface area contributed by atoms with Crippen LogP contribution in [-0.4, -0.2) is 5.11 Å². The Hall–Kier alpha value is -0.600. The molecule has 1 nitrogen and oxygen atoms in total. The molecule has 0 fully saturated rings. The standard InChI is InChI=1S/C9H10ClFO/c1-2-9(12)6-3-7(10)5-8(11)4-6/h3-5,9,12H,2H2,1H3/t9-/m1/s1. The van der Waals surface area contributed by atoms with Gasteiger partial charge in [-0.15, -0.1) is 0 Å². The summed E-state index contributed by atoms with van der Waals surface area (Å²) in [6.45, 7) is 1.82. The zero-order valence-corrected chi connectivity index (χ0v) is 7.48. The summed E-state index contributed by atoms with van der Waals surface area (Å²) in [7, 11) is 0. The van der Waals surface area contributed by atoms with E-state index in [1.54, 1.807) is 6.07 Å². The molecular weight excluding hydrogens is 179 g/mol. The molecule has 66 valence electrons. The topological polar surface area (TPSA) is 20.2 Å². The van der Waals surface area contributed by atoms with Gasteiger partial charge in [-0.1, -0.05) is 18.5 Å². The Morgan fingerprint density at radius 2 is 2.17 bits per heavy atom. The number of benzene rings is 1. The maximum Gasteiger partial charge on any atom is 0.125 e. The van der Waals surface area contributed by atoms with Crippen LogP contribution in [0.3, 0.4) is 0 Å². The van der Waals surface area contributed by atoms with Crippen LogP contribution in [0.1, 0.15) is 25.0 Å². The van der Waals surface area contributed by atoms with Gasteiger partial charge in [-0.05, 0) is 30.2 Å². The van der Waals surface area contributed by atoms with Crippen LogP contribution in [0.15, 0.2) is 18.2 Å². The molecule has 0 aliphatic carbocycles. The third-order valence-corrected chi connectivity index (χ3v) is 1.87.